The second-order valence-electron chi connectivity index (χ2n) is 4.39. The van der Waals surface area contributed by atoms with E-state index in [1.54, 1.807) is 6.20 Å². The van der Waals surface area contributed by atoms with Crippen LogP contribution < -0.4 is 10.6 Å². The Bertz CT molecular complexity index is 580. The minimum absolute atomic E-state index is 0.314. The minimum atomic E-state index is 0.314. The van der Waals surface area contributed by atoms with E-state index in [1.807, 2.05) is 44.3 Å². The number of thiocarbonyl (C=S) groups is 1. The number of anilines is 1. The van der Waals surface area contributed by atoms with Crippen LogP contribution in [0.5, 0.6) is 0 Å². The molecule has 0 saturated heterocycles. The van der Waals surface area contributed by atoms with Gasteiger partial charge in [0.25, 0.3) is 0 Å². The zero-order valence-electron chi connectivity index (χ0n) is 11.0. The maximum atomic E-state index is 5.53. The summed E-state index contributed by atoms with van der Waals surface area (Å²) in [5.74, 6) is 0. The zero-order valence-corrected chi connectivity index (χ0v) is 11.8. The lowest BCUT2D eigenvalue weighted by atomic mass is 10.2. The van der Waals surface area contributed by atoms with E-state index in [0.29, 0.717) is 10.7 Å². The van der Waals surface area contributed by atoms with Crippen LogP contribution in [0.3, 0.4) is 0 Å². The molecule has 19 heavy (non-hydrogen) atoms. The fourth-order valence-corrected chi connectivity index (χ4v) is 1.90. The number of nitrogens with zero attached hydrogens (tertiary/aromatic N) is 3. The largest absolute Gasteiger partial charge is 0.388 e. The van der Waals surface area contributed by atoms with Crippen molar-refractivity contribution in [1.29, 1.82) is 0 Å². The summed E-state index contributed by atoms with van der Waals surface area (Å²) in [7, 11) is 2.00. The molecule has 0 saturated carbocycles. The number of aryl methyl sites for hydroxylation is 1. The second kappa shape index (κ2) is 5.75. The molecule has 0 unspecified atom stereocenters. The average Bonchev–Trinajstić information content (AvgIpc) is 2.39. The predicted octanol–water partition coefficient (Wildman–Crippen LogP) is 2.06. The van der Waals surface area contributed by atoms with Gasteiger partial charge in [-0.05, 0) is 31.2 Å². The Morgan fingerprint density at radius 1 is 1.32 bits per heavy atom. The number of pyridine rings is 2. The van der Waals surface area contributed by atoms with Crippen molar-refractivity contribution in [2.45, 2.75) is 13.5 Å². The third-order valence-electron chi connectivity index (χ3n) is 2.79. The van der Waals surface area contributed by atoms with Gasteiger partial charge < -0.3 is 10.6 Å². The lowest BCUT2D eigenvalue weighted by Gasteiger charge is -2.18. The standard InChI is InChI=1S/C14H16N4S/c1-10-4-3-5-11(17-10)9-18(2)12-6-7-13(14(15)19)16-8-12/h3-8H,9H2,1-2H3,(H2,15,19). The topological polar surface area (TPSA) is 55.0 Å². The Balaban J connectivity index is 2.11. The van der Waals surface area contributed by atoms with Gasteiger partial charge >= 0.3 is 0 Å². The van der Waals surface area contributed by atoms with Gasteiger partial charge in [0, 0.05) is 12.7 Å². The van der Waals surface area contributed by atoms with E-state index in [-0.39, 0.29) is 0 Å². The van der Waals surface area contributed by atoms with Gasteiger partial charge in [0.15, 0.2) is 0 Å². The summed E-state index contributed by atoms with van der Waals surface area (Å²) >= 11 is 4.88. The first-order valence-corrected chi connectivity index (χ1v) is 6.36. The smallest absolute Gasteiger partial charge is 0.122 e. The molecule has 4 nitrogen and oxygen atoms in total. The molecule has 2 N–H and O–H groups in total. The Labute approximate surface area is 118 Å². The van der Waals surface area contributed by atoms with Gasteiger partial charge in [0.2, 0.25) is 0 Å². The Morgan fingerprint density at radius 3 is 2.68 bits per heavy atom. The maximum Gasteiger partial charge on any atom is 0.122 e. The normalized spacial score (nSPS) is 10.2. The summed E-state index contributed by atoms with van der Waals surface area (Å²) in [5, 5.41) is 0. The quantitative estimate of drug-likeness (QED) is 0.863. The second-order valence-corrected chi connectivity index (χ2v) is 4.83. The van der Waals surface area contributed by atoms with E-state index in [4.69, 9.17) is 18.0 Å². The molecule has 0 spiro atoms. The maximum absolute atomic E-state index is 5.53. The first-order valence-electron chi connectivity index (χ1n) is 5.96. The molecule has 98 valence electrons. The fourth-order valence-electron chi connectivity index (χ4n) is 1.78. The molecule has 0 aromatic carbocycles. The summed E-state index contributed by atoms with van der Waals surface area (Å²) in [6.45, 7) is 2.72. The molecule has 0 atom stereocenters. The van der Waals surface area contributed by atoms with Crippen LogP contribution >= 0.6 is 12.2 Å². The van der Waals surface area contributed by atoms with Crippen LogP contribution in [-0.4, -0.2) is 22.0 Å². The molecule has 0 amide bonds. The third-order valence-corrected chi connectivity index (χ3v) is 3.00. The summed E-state index contributed by atoms with van der Waals surface area (Å²) in [4.78, 5) is 11.1. The van der Waals surface area contributed by atoms with Crippen molar-refractivity contribution >= 4 is 22.9 Å². The van der Waals surface area contributed by atoms with Crippen molar-refractivity contribution < 1.29 is 0 Å². The zero-order chi connectivity index (χ0) is 13.8. The van der Waals surface area contributed by atoms with Crippen molar-refractivity contribution in [3.05, 3.63) is 53.6 Å². The summed E-state index contributed by atoms with van der Waals surface area (Å²) in [6.07, 6.45) is 1.77. The van der Waals surface area contributed by atoms with Crippen LogP contribution in [0.2, 0.25) is 0 Å². The van der Waals surface area contributed by atoms with Crippen LogP contribution in [0.4, 0.5) is 5.69 Å². The van der Waals surface area contributed by atoms with Crippen LogP contribution in [0.15, 0.2) is 36.5 Å². The molecule has 0 fully saturated rings. The Hall–Kier alpha value is -2.01. The van der Waals surface area contributed by atoms with Gasteiger partial charge in [0.1, 0.15) is 4.99 Å². The van der Waals surface area contributed by atoms with Crippen molar-refractivity contribution in [3.63, 3.8) is 0 Å². The van der Waals surface area contributed by atoms with E-state index >= 15 is 0 Å². The van der Waals surface area contributed by atoms with Gasteiger partial charge in [0.05, 0.1) is 29.8 Å². The molecule has 2 heterocycles. The molecular formula is C14H16N4S. The Kier molecular flexibility index (Phi) is 4.06. The van der Waals surface area contributed by atoms with Crippen LogP contribution in [-0.2, 0) is 6.54 Å². The molecule has 0 radical (unpaired) electrons. The average molecular weight is 272 g/mol. The molecule has 0 aliphatic rings. The van der Waals surface area contributed by atoms with Crippen molar-refractivity contribution in [2.75, 3.05) is 11.9 Å². The van der Waals surface area contributed by atoms with E-state index in [9.17, 15) is 0 Å². The van der Waals surface area contributed by atoms with Gasteiger partial charge in [-0.1, -0.05) is 18.3 Å². The van der Waals surface area contributed by atoms with Crippen LogP contribution in [0.25, 0.3) is 0 Å². The highest BCUT2D eigenvalue weighted by atomic mass is 32.1. The minimum Gasteiger partial charge on any atom is -0.388 e. The Morgan fingerprint density at radius 2 is 2.11 bits per heavy atom. The summed E-state index contributed by atoms with van der Waals surface area (Å²) in [5.41, 5.74) is 9.22. The van der Waals surface area contributed by atoms with E-state index in [0.717, 1.165) is 23.6 Å². The summed E-state index contributed by atoms with van der Waals surface area (Å²) in [6, 6.07) is 9.80. The van der Waals surface area contributed by atoms with E-state index in [1.165, 1.54) is 0 Å². The number of aromatic nitrogens is 2. The molecule has 2 rings (SSSR count). The van der Waals surface area contributed by atoms with Crippen LogP contribution in [0, 0.1) is 6.92 Å². The molecule has 0 aliphatic carbocycles. The lowest BCUT2D eigenvalue weighted by Crippen LogP contribution is -2.18. The fraction of sp³-hybridized carbons (Fsp3) is 0.214. The van der Waals surface area contributed by atoms with Crippen molar-refractivity contribution in [1.82, 2.24) is 9.97 Å². The van der Waals surface area contributed by atoms with Gasteiger partial charge in [-0.3, -0.25) is 9.97 Å². The molecule has 0 bridgehead atoms. The molecule has 2 aromatic rings. The van der Waals surface area contributed by atoms with Crippen LogP contribution in [0.1, 0.15) is 17.1 Å². The van der Waals surface area contributed by atoms with E-state index in [2.05, 4.69) is 14.9 Å². The predicted molar refractivity (Wildman–Crippen MR) is 81.2 cm³/mol. The molecule has 0 aliphatic heterocycles. The molecular weight excluding hydrogens is 256 g/mol. The monoisotopic (exact) mass is 272 g/mol. The first kappa shape index (κ1) is 13.4. The number of hydrogen-bond donors (Lipinski definition) is 1. The van der Waals surface area contributed by atoms with Gasteiger partial charge in [-0.25, -0.2) is 0 Å². The first-order chi connectivity index (χ1) is 9.06. The molecule has 2 aromatic heterocycles. The van der Waals surface area contributed by atoms with Crippen molar-refractivity contribution in [2.24, 2.45) is 5.73 Å². The lowest BCUT2D eigenvalue weighted by molar-refractivity contribution is 0.873. The van der Waals surface area contributed by atoms with Gasteiger partial charge in [-0.15, -0.1) is 0 Å². The van der Waals surface area contributed by atoms with E-state index < -0.39 is 0 Å². The SMILES string of the molecule is Cc1cccc(CN(C)c2ccc(C(N)=S)nc2)n1. The highest BCUT2D eigenvalue weighted by Crippen LogP contribution is 2.14. The summed E-state index contributed by atoms with van der Waals surface area (Å²) < 4.78 is 0. The third kappa shape index (κ3) is 3.48. The molecule has 5 heteroatoms. The number of hydrogen-bond acceptors (Lipinski definition) is 4. The highest BCUT2D eigenvalue weighted by Gasteiger charge is 2.05. The van der Waals surface area contributed by atoms with Crippen molar-refractivity contribution in [3.8, 4) is 0 Å². The van der Waals surface area contributed by atoms with Gasteiger partial charge in [-0.2, -0.15) is 0 Å². The number of nitrogens with two attached hydrogens (primary N) is 1. The highest BCUT2D eigenvalue weighted by molar-refractivity contribution is 7.80. The number of rotatable bonds is 4.